The molecule has 3 heteroatoms. The molecule has 0 unspecified atom stereocenters. The highest BCUT2D eigenvalue weighted by molar-refractivity contribution is 4.35. The molecule has 0 atom stereocenters. The van der Waals surface area contributed by atoms with E-state index in [1.54, 1.807) is 0 Å². The smallest absolute Gasteiger partial charge is 0.0697 e. The summed E-state index contributed by atoms with van der Waals surface area (Å²) >= 11 is 0. The van der Waals surface area contributed by atoms with Gasteiger partial charge >= 0.3 is 0 Å². The fraction of sp³-hybridized carbons (Fsp3) is 1.00. The number of aliphatic hydroxyl groups is 2. The van der Waals surface area contributed by atoms with E-state index in [0.29, 0.717) is 13.2 Å². The van der Waals surface area contributed by atoms with Crippen molar-refractivity contribution in [3.05, 3.63) is 0 Å². The molecule has 0 aromatic carbocycles. The lowest BCUT2D eigenvalue weighted by molar-refractivity contribution is 0.0904. The van der Waals surface area contributed by atoms with Crippen LogP contribution in [-0.2, 0) is 4.74 Å². The van der Waals surface area contributed by atoms with Crippen LogP contribution in [0.4, 0.5) is 0 Å². The van der Waals surface area contributed by atoms with Crippen molar-refractivity contribution >= 4 is 0 Å². The number of ether oxygens (including phenoxy) is 1. The van der Waals surface area contributed by atoms with Crippen molar-refractivity contribution in [2.45, 2.75) is 52.4 Å². The fourth-order valence-corrected chi connectivity index (χ4v) is 0.952. The van der Waals surface area contributed by atoms with Gasteiger partial charge in [-0.25, -0.2) is 0 Å². The van der Waals surface area contributed by atoms with Gasteiger partial charge in [0.05, 0.1) is 13.2 Å². The summed E-state index contributed by atoms with van der Waals surface area (Å²) in [5.74, 6) is 0. The van der Waals surface area contributed by atoms with E-state index in [4.69, 9.17) is 14.9 Å². The Morgan fingerprint density at radius 2 is 1.40 bits per heavy atom. The van der Waals surface area contributed by atoms with E-state index in [0.717, 1.165) is 25.9 Å². The molecule has 0 aliphatic carbocycles. The highest BCUT2D eigenvalue weighted by atomic mass is 16.5. The molecule has 3 nitrogen and oxygen atoms in total. The second kappa shape index (κ2) is 19.5. The van der Waals surface area contributed by atoms with E-state index >= 15 is 0 Å². The molecule has 0 saturated heterocycles. The van der Waals surface area contributed by atoms with Crippen LogP contribution in [0.3, 0.4) is 0 Å². The Kier molecular flexibility index (Phi) is 22.4. The topological polar surface area (TPSA) is 49.7 Å². The lowest BCUT2D eigenvalue weighted by atomic mass is 10.2. The van der Waals surface area contributed by atoms with Crippen molar-refractivity contribution in [3.8, 4) is 0 Å². The van der Waals surface area contributed by atoms with Crippen molar-refractivity contribution in [1.29, 1.82) is 0 Å². The number of aliphatic hydroxyl groups excluding tert-OH is 2. The number of rotatable bonds is 9. The van der Waals surface area contributed by atoms with Gasteiger partial charge in [-0.15, -0.1) is 0 Å². The second-order valence-corrected chi connectivity index (χ2v) is 3.47. The van der Waals surface area contributed by atoms with Gasteiger partial charge in [-0.2, -0.15) is 0 Å². The Morgan fingerprint density at radius 3 is 1.87 bits per heavy atom. The Bertz CT molecular complexity index is 76.9. The maximum atomic E-state index is 8.29. The third kappa shape index (κ3) is 24.8. The quantitative estimate of drug-likeness (QED) is 0.586. The Labute approximate surface area is 94.5 Å². The predicted octanol–water partition coefficient (Wildman–Crippen LogP) is 2.35. The van der Waals surface area contributed by atoms with Crippen LogP contribution in [0.1, 0.15) is 52.4 Å². The summed E-state index contributed by atoms with van der Waals surface area (Å²) < 4.78 is 4.97. The van der Waals surface area contributed by atoms with Crippen LogP contribution >= 0.6 is 0 Å². The number of unbranched alkanes of at least 4 members (excludes halogenated alkanes) is 4. The third-order valence-electron chi connectivity index (χ3n) is 1.89. The number of hydrogen-bond donors (Lipinski definition) is 2. The molecule has 0 bridgehead atoms. The van der Waals surface area contributed by atoms with Crippen molar-refractivity contribution in [2.75, 3.05) is 26.4 Å². The molecule has 2 N–H and O–H groups in total. The zero-order valence-electron chi connectivity index (χ0n) is 10.4. The molecular formula is C12H28O3. The van der Waals surface area contributed by atoms with Crippen LogP contribution in [0.2, 0.25) is 0 Å². The summed E-state index contributed by atoms with van der Waals surface area (Å²) in [7, 11) is 0. The molecule has 0 rings (SSSR count). The molecule has 0 aromatic rings. The minimum Gasteiger partial charge on any atom is -0.396 e. The zero-order chi connectivity index (χ0) is 11.8. The van der Waals surface area contributed by atoms with Crippen molar-refractivity contribution in [1.82, 2.24) is 0 Å². The van der Waals surface area contributed by atoms with E-state index in [2.05, 4.69) is 13.8 Å². The van der Waals surface area contributed by atoms with Gasteiger partial charge in [0.15, 0.2) is 0 Å². The molecule has 0 radical (unpaired) electrons. The first-order chi connectivity index (χ1) is 7.33. The van der Waals surface area contributed by atoms with Gasteiger partial charge in [-0.3, -0.25) is 0 Å². The first-order valence-electron chi connectivity index (χ1n) is 6.12. The monoisotopic (exact) mass is 220 g/mol. The van der Waals surface area contributed by atoms with E-state index in [1.807, 2.05) is 0 Å². The minimum atomic E-state index is 0.143. The summed E-state index contributed by atoms with van der Waals surface area (Å²) in [5, 5.41) is 16.5. The first kappa shape index (κ1) is 17.3. The van der Waals surface area contributed by atoms with Crippen molar-refractivity contribution < 1.29 is 14.9 Å². The molecule has 0 heterocycles. The molecule has 0 saturated carbocycles. The Balaban J connectivity index is 0. The average Bonchev–Trinajstić information content (AvgIpc) is 2.26. The molecule has 0 aromatic heterocycles. The molecule has 0 aliphatic rings. The largest absolute Gasteiger partial charge is 0.396 e. The van der Waals surface area contributed by atoms with E-state index < -0.39 is 0 Å². The van der Waals surface area contributed by atoms with Gasteiger partial charge in [0.25, 0.3) is 0 Å². The lowest BCUT2D eigenvalue weighted by Crippen LogP contribution is -1.99. The first-order valence-corrected chi connectivity index (χ1v) is 6.12. The van der Waals surface area contributed by atoms with Gasteiger partial charge in [0.1, 0.15) is 0 Å². The second-order valence-electron chi connectivity index (χ2n) is 3.47. The van der Waals surface area contributed by atoms with Crippen LogP contribution in [0.15, 0.2) is 0 Å². The number of hydrogen-bond acceptors (Lipinski definition) is 3. The Morgan fingerprint density at radius 1 is 0.733 bits per heavy atom. The molecule has 0 amide bonds. The highest BCUT2D eigenvalue weighted by Crippen LogP contribution is 1.96. The van der Waals surface area contributed by atoms with E-state index in [9.17, 15) is 0 Å². The van der Waals surface area contributed by atoms with Crippen molar-refractivity contribution in [3.63, 3.8) is 0 Å². The Hall–Kier alpha value is -0.120. The van der Waals surface area contributed by atoms with Crippen LogP contribution in [0, 0.1) is 0 Å². The van der Waals surface area contributed by atoms with E-state index in [1.165, 1.54) is 19.3 Å². The zero-order valence-corrected chi connectivity index (χ0v) is 10.4. The summed E-state index contributed by atoms with van der Waals surface area (Å²) in [5.41, 5.74) is 0. The molecule has 0 fully saturated rings. The van der Waals surface area contributed by atoms with Crippen LogP contribution in [0.25, 0.3) is 0 Å². The fourth-order valence-electron chi connectivity index (χ4n) is 0.952. The summed E-state index contributed by atoms with van der Waals surface area (Å²) in [6.45, 7) is 6.06. The highest BCUT2D eigenvalue weighted by Gasteiger charge is 1.82. The summed E-state index contributed by atoms with van der Waals surface area (Å²) in [6.07, 6.45) is 6.94. The van der Waals surface area contributed by atoms with Crippen molar-refractivity contribution in [2.24, 2.45) is 0 Å². The molecular weight excluding hydrogens is 192 g/mol. The van der Waals surface area contributed by atoms with Crippen LogP contribution < -0.4 is 0 Å². The molecule has 94 valence electrons. The minimum absolute atomic E-state index is 0.143. The molecule has 15 heavy (non-hydrogen) atoms. The SMILES string of the molecule is CCCCCCO.CCCCOCCO. The van der Waals surface area contributed by atoms with Gasteiger partial charge in [0, 0.05) is 13.2 Å². The van der Waals surface area contributed by atoms with Gasteiger partial charge in [-0.05, 0) is 12.8 Å². The third-order valence-corrected chi connectivity index (χ3v) is 1.89. The van der Waals surface area contributed by atoms with Gasteiger partial charge in [0.2, 0.25) is 0 Å². The predicted molar refractivity (Wildman–Crippen MR) is 64.0 cm³/mol. The standard InChI is InChI=1S/C6H14O2.C6H14O/c1-2-3-5-8-6-4-7;1-2-3-4-5-6-7/h7H,2-6H2,1H3;7H,2-6H2,1H3. The maximum absolute atomic E-state index is 8.29. The lowest BCUT2D eigenvalue weighted by Gasteiger charge is -1.97. The maximum Gasteiger partial charge on any atom is 0.0697 e. The van der Waals surface area contributed by atoms with Crippen LogP contribution in [0.5, 0.6) is 0 Å². The normalized spacial score (nSPS) is 9.60. The van der Waals surface area contributed by atoms with E-state index in [-0.39, 0.29) is 6.61 Å². The van der Waals surface area contributed by atoms with Gasteiger partial charge < -0.3 is 14.9 Å². The summed E-state index contributed by atoms with van der Waals surface area (Å²) in [4.78, 5) is 0. The summed E-state index contributed by atoms with van der Waals surface area (Å²) in [6, 6.07) is 0. The average molecular weight is 220 g/mol. The van der Waals surface area contributed by atoms with Crippen LogP contribution in [-0.4, -0.2) is 36.6 Å². The molecule has 0 spiro atoms. The van der Waals surface area contributed by atoms with Gasteiger partial charge in [-0.1, -0.05) is 39.5 Å². The molecule has 0 aliphatic heterocycles.